The molecule has 1 amide bonds. The average molecular weight is 202 g/mol. The van der Waals surface area contributed by atoms with Gasteiger partial charge in [0, 0.05) is 5.57 Å². The third kappa shape index (κ3) is 2.58. The van der Waals surface area contributed by atoms with Gasteiger partial charge in [0.05, 0.1) is 17.3 Å². The predicted molar refractivity (Wildman–Crippen MR) is 56.3 cm³/mol. The van der Waals surface area contributed by atoms with Crippen LogP contribution in [0.15, 0.2) is 30.4 Å². The Bertz CT molecular complexity index is 458. The minimum Gasteiger partial charge on any atom is -0.506 e. The lowest BCUT2D eigenvalue weighted by Gasteiger charge is -2.06. The van der Waals surface area contributed by atoms with Gasteiger partial charge in [-0.3, -0.25) is 4.79 Å². The van der Waals surface area contributed by atoms with E-state index in [4.69, 9.17) is 5.26 Å². The Kier molecular flexibility index (Phi) is 3.09. The second kappa shape index (κ2) is 4.29. The fraction of sp³-hybridized carbons (Fsp3) is 0.0909. The van der Waals surface area contributed by atoms with E-state index in [-0.39, 0.29) is 17.3 Å². The van der Waals surface area contributed by atoms with Gasteiger partial charge in [0.25, 0.3) is 5.91 Å². The summed E-state index contributed by atoms with van der Waals surface area (Å²) in [5.41, 5.74) is 0.906. The van der Waals surface area contributed by atoms with Gasteiger partial charge in [0.15, 0.2) is 0 Å². The van der Waals surface area contributed by atoms with Crippen molar-refractivity contribution in [1.82, 2.24) is 0 Å². The minimum atomic E-state index is -0.389. The number of carbonyl (C=O) groups excluding carboxylic acids is 1. The fourth-order valence-corrected chi connectivity index (χ4v) is 0.935. The summed E-state index contributed by atoms with van der Waals surface area (Å²) in [6.45, 7) is 5.02. The molecular weight excluding hydrogens is 192 g/mol. The van der Waals surface area contributed by atoms with Crippen LogP contribution in [0.4, 0.5) is 5.69 Å². The van der Waals surface area contributed by atoms with E-state index in [0.717, 1.165) is 0 Å². The van der Waals surface area contributed by atoms with Gasteiger partial charge in [0.2, 0.25) is 0 Å². The molecule has 4 nitrogen and oxygen atoms in total. The first-order valence-electron chi connectivity index (χ1n) is 4.24. The van der Waals surface area contributed by atoms with Crippen LogP contribution in [-0.4, -0.2) is 11.0 Å². The second-order valence-corrected chi connectivity index (χ2v) is 3.08. The van der Waals surface area contributed by atoms with E-state index >= 15 is 0 Å². The van der Waals surface area contributed by atoms with Crippen molar-refractivity contribution in [3.63, 3.8) is 0 Å². The summed E-state index contributed by atoms with van der Waals surface area (Å²) < 4.78 is 0. The van der Waals surface area contributed by atoms with Crippen LogP contribution in [0.1, 0.15) is 12.5 Å². The molecule has 4 heteroatoms. The van der Waals surface area contributed by atoms with Crippen LogP contribution in [0.3, 0.4) is 0 Å². The van der Waals surface area contributed by atoms with Crippen LogP contribution in [0.2, 0.25) is 0 Å². The van der Waals surface area contributed by atoms with Crippen LogP contribution in [0, 0.1) is 11.3 Å². The van der Waals surface area contributed by atoms with E-state index in [1.807, 2.05) is 6.07 Å². The summed E-state index contributed by atoms with van der Waals surface area (Å²) in [5, 5.41) is 20.5. The van der Waals surface area contributed by atoms with Crippen molar-refractivity contribution in [1.29, 1.82) is 5.26 Å². The number of hydrogen-bond donors (Lipinski definition) is 2. The Balaban J connectivity index is 2.99. The normalized spacial score (nSPS) is 9.07. The molecule has 0 atom stereocenters. The third-order valence-corrected chi connectivity index (χ3v) is 1.76. The number of rotatable bonds is 2. The number of hydrogen-bond acceptors (Lipinski definition) is 3. The molecule has 2 N–H and O–H groups in total. The molecule has 15 heavy (non-hydrogen) atoms. The molecule has 0 radical (unpaired) electrons. The first kappa shape index (κ1) is 10.8. The van der Waals surface area contributed by atoms with Crippen LogP contribution in [0.25, 0.3) is 0 Å². The smallest absolute Gasteiger partial charge is 0.250 e. The second-order valence-electron chi connectivity index (χ2n) is 3.08. The number of nitrogens with zero attached hydrogens (tertiary/aromatic N) is 1. The first-order valence-corrected chi connectivity index (χ1v) is 4.24. The number of anilines is 1. The Morgan fingerprint density at radius 2 is 2.27 bits per heavy atom. The largest absolute Gasteiger partial charge is 0.506 e. The molecule has 0 fully saturated rings. The highest BCUT2D eigenvalue weighted by atomic mass is 16.3. The van der Waals surface area contributed by atoms with Crippen LogP contribution >= 0.6 is 0 Å². The Labute approximate surface area is 87.5 Å². The van der Waals surface area contributed by atoms with Crippen molar-refractivity contribution in [3.05, 3.63) is 35.9 Å². The molecule has 1 rings (SSSR count). The van der Waals surface area contributed by atoms with Gasteiger partial charge in [-0.25, -0.2) is 0 Å². The quantitative estimate of drug-likeness (QED) is 0.567. The molecule has 0 bridgehead atoms. The molecule has 1 aromatic carbocycles. The summed E-state index contributed by atoms with van der Waals surface area (Å²) in [6, 6.07) is 6.13. The zero-order valence-electron chi connectivity index (χ0n) is 8.24. The number of phenols is 1. The van der Waals surface area contributed by atoms with Crippen molar-refractivity contribution in [2.24, 2.45) is 0 Å². The topological polar surface area (TPSA) is 73.1 Å². The lowest BCUT2D eigenvalue weighted by molar-refractivity contribution is -0.112. The van der Waals surface area contributed by atoms with Gasteiger partial charge in [0.1, 0.15) is 5.75 Å². The number of carbonyl (C=O) groups is 1. The number of nitrogens with one attached hydrogen (secondary N) is 1. The van der Waals surface area contributed by atoms with Crippen molar-refractivity contribution >= 4 is 11.6 Å². The third-order valence-electron chi connectivity index (χ3n) is 1.76. The molecule has 1 aromatic rings. The highest BCUT2D eigenvalue weighted by Crippen LogP contribution is 2.24. The molecule has 76 valence electrons. The summed E-state index contributed by atoms with van der Waals surface area (Å²) >= 11 is 0. The standard InChI is InChI=1S/C11H10N2O2/c1-7(2)11(15)13-9-5-8(6-12)3-4-10(9)14/h3-5,14H,1H2,2H3,(H,13,15). The molecule has 0 spiro atoms. The predicted octanol–water partition coefficient (Wildman–Crippen LogP) is 1.78. The molecule has 0 aromatic heterocycles. The summed E-state index contributed by atoms with van der Waals surface area (Å²) in [6.07, 6.45) is 0. The Morgan fingerprint density at radius 1 is 1.60 bits per heavy atom. The number of benzene rings is 1. The molecule has 0 aliphatic rings. The maximum absolute atomic E-state index is 11.3. The van der Waals surface area contributed by atoms with Gasteiger partial charge in [-0.2, -0.15) is 5.26 Å². The number of amides is 1. The molecule has 0 aliphatic heterocycles. The Hall–Kier alpha value is -2.28. The molecule has 0 saturated heterocycles. The van der Waals surface area contributed by atoms with E-state index in [9.17, 15) is 9.90 Å². The Morgan fingerprint density at radius 3 is 2.80 bits per heavy atom. The highest BCUT2D eigenvalue weighted by Gasteiger charge is 2.07. The zero-order chi connectivity index (χ0) is 11.4. The fourth-order valence-electron chi connectivity index (χ4n) is 0.935. The van der Waals surface area contributed by atoms with Crippen LogP contribution < -0.4 is 5.32 Å². The van der Waals surface area contributed by atoms with Crippen molar-refractivity contribution in [3.8, 4) is 11.8 Å². The number of aromatic hydroxyl groups is 1. The monoisotopic (exact) mass is 202 g/mol. The van der Waals surface area contributed by atoms with Crippen LogP contribution in [-0.2, 0) is 4.79 Å². The molecule has 0 aliphatic carbocycles. The molecular formula is C11H10N2O2. The van der Waals surface area contributed by atoms with Crippen molar-refractivity contribution < 1.29 is 9.90 Å². The van der Waals surface area contributed by atoms with Gasteiger partial charge >= 0.3 is 0 Å². The average Bonchev–Trinajstić information content (AvgIpc) is 2.21. The number of phenolic OH excluding ortho intramolecular Hbond substituents is 1. The van der Waals surface area contributed by atoms with Gasteiger partial charge < -0.3 is 10.4 Å². The summed E-state index contributed by atoms with van der Waals surface area (Å²) in [5.74, 6) is -0.469. The lowest BCUT2D eigenvalue weighted by atomic mass is 10.2. The first-order chi connectivity index (χ1) is 7.04. The minimum absolute atomic E-state index is 0.0800. The zero-order valence-corrected chi connectivity index (χ0v) is 8.24. The van der Waals surface area contributed by atoms with E-state index in [0.29, 0.717) is 11.1 Å². The molecule has 0 unspecified atom stereocenters. The maximum Gasteiger partial charge on any atom is 0.250 e. The molecule has 0 heterocycles. The van der Waals surface area contributed by atoms with E-state index in [1.165, 1.54) is 18.2 Å². The van der Waals surface area contributed by atoms with E-state index in [1.54, 1.807) is 6.92 Å². The van der Waals surface area contributed by atoms with E-state index < -0.39 is 0 Å². The lowest BCUT2D eigenvalue weighted by Crippen LogP contribution is -2.11. The van der Waals surface area contributed by atoms with Gasteiger partial charge in [-0.15, -0.1) is 0 Å². The highest BCUT2D eigenvalue weighted by molar-refractivity contribution is 6.03. The van der Waals surface area contributed by atoms with Crippen molar-refractivity contribution in [2.75, 3.05) is 5.32 Å². The summed E-state index contributed by atoms with van der Waals surface area (Å²) in [7, 11) is 0. The molecule has 0 saturated carbocycles. The van der Waals surface area contributed by atoms with E-state index in [2.05, 4.69) is 11.9 Å². The van der Waals surface area contributed by atoms with Gasteiger partial charge in [-0.05, 0) is 25.1 Å². The maximum atomic E-state index is 11.3. The SMILES string of the molecule is C=C(C)C(=O)Nc1cc(C#N)ccc1O. The van der Waals surface area contributed by atoms with Crippen molar-refractivity contribution in [2.45, 2.75) is 6.92 Å². The van der Waals surface area contributed by atoms with Crippen LogP contribution in [0.5, 0.6) is 5.75 Å². The number of nitriles is 1. The summed E-state index contributed by atoms with van der Waals surface area (Å²) in [4.78, 5) is 11.3. The van der Waals surface area contributed by atoms with Gasteiger partial charge in [-0.1, -0.05) is 6.58 Å².